The van der Waals surface area contributed by atoms with Crippen LogP contribution in [0.2, 0.25) is 0 Å². The Labute approximate surface area is 137 Å². The van der Waals surface area contributed by atoms with Crippen LogP contribution in [0.25, 0.3) is 0 Å². The zero-order chi connectivity index (χ0) is 15.5. The molecule has 1 amide bonds. The zero-order valence-corrected chi connectivity index (χ0v) is 14.3. The molecule has 3 atom stereocenters. The Kier molecular flexibility index (Phi) is 5.16. The van der Waals surface area contributed by atoms with E-state index in [1.54, 1.807) is 11.3 Å². The van der Waals surface area contributed by atoms with Crippen LogP contribution in [0.15, 0.2) is 16.8 Å². The molecule has 5 heteroatoms. The van der Waals surface area contributed by atoms with E-state index >= 15 is 0 Å². The molecule has 122 valence electrons. The highest BCUT2D eigenvalue weighted by atomic mass is 32.1. The molecule has 0 aliphatic carbocycles. The first-order valence-electron chi connectivity index (χ1n) is 8.33. The first kappa shape index (κ1) is 16.0. The molecule has 0 bridgehead atoms. The van der Waals surface area contributed by atoms with Gasteiger partial charge in [0, 0.05) is 32.2 Å². The summed E-state index contributed by atoms with van der Waals surface area (Å²) in [7, 11) is 0. The molecule has 1 aromatic heterocycles. The number of ether oxygens (including phenoxy) is 1. The largest absolute Gasteiger partial charge is 0.379 e. The standard InChI is InChI=1S/C17H26N2O2S/c1-3-14-10-19(11-16(14)18-5-7-21-8-6-18)17(20)13(2)15-4-9-22-12-15/h4,9,12-14,16H,3,5-8,10-11H2,1-2H3. The second-order valence-electron chi connectivity index (χ2n) is 6.41. The fourth-order valence-corrected chi connectivity index (χ4v) is 4.45. The summed E-state index contributed by atoms with van der Waals surface area (Å²) in [5.41, 5.74) is 1.15. The molecule has 3 rings (SSSR count). The summed E-state index contributed by atoms with van der Waals surface area (Å²) in [6.07, 6.45) is 1.14. The van der Waals surface area contributed by atoms with Crippen LogP contribution >= 0.6 is 11.3 Å². The maximum absolute atomic E-state index is 12.8. The number of carbonyl (C=O) groups excluding carboxylic acids is 1. The molecule has 4 nitrogen and oxygen atoms in total. The molecule has 3 unspecified atom stereocenters. The topological polar surface area (TPSA) is 32.8 Å². The Morgan fingerprint density at radius 2 is 2.18 bits per heavy atom. The molecule has 22 heavy (non-hydrogen) atoms. The molecule has 2 fully saturated rings. The molecule has 0 radical (unpaired) electrons. The van der Waals surface area contributed by atoms with E-state index in [4.69, 9.17) is 4.74 Å². The van der Waals surface area contributed by atoms with Gasteiger partial charge < -0.3 is 9.64 Å². The summed E-state index contributed by atoms with van der Waals surface area (Å²) in [6, 6.07) is 2.58. The minimum absolute atomic E-state index is 0.0211. The van der Waals surface area contributed by atoms with Crippen LogP contribution in [0, 0.1) is 5.92 Å². The van der Waals surface area contributed by atoms with Crippen LogP contribution in [0.3, 0.4) is 0 Å². The molecule has 0 aromatic carbocycles. The lowest BCUT2D eigenvalue weighted by atomic mass is 9.99. The molecule has 0 spiro atoms. The highest BCUT2D eigenvalue weighted by molar-refractivity contribution is 7.08. The fraction of sp³-hybridized carbons (Fsp3) is 0.706. The summed E-state index contributed by atoms with van der Waals surface area (Å²) in [5.74, 6) is 0.858. The summed E-state index contributed by atoms with van der Waals surface area (Å²) < 4.78 is 5.47. The van der Waals surface area contributed by atoms with Crippen LogP contribution in [0.4, 0.5) is 0 Å². The Morgan fingerprint density at radius 1 is 1.41 bits per heavy atom. The number of hydrogen-bond donors (Lipinski definition) is 0. The fourth-order valence-electron chi connectivity index (χ4n) is 3.70. The molecular formula is C17H26N2O2S. The zero-order valence-electron chi connectivity index (χ0n) is 13.5. The number of amides is 1. The third-order valence-electron chi connectivity index (χ3n) is 5.17. The van der Waals surface area contributed by atoms with Crippen molar-refractivity contribution in [3.05, 3.63) is 22.4 Å². The quantitative estimate of drug-likeness (QED) is 0.853. The number of thiophene rings is 1. The number of nitrogens with zero attached hydrogens (tertiary/aromatic N) is 2. The number of hydrogen-bond acceptors (Lipinski definition) is 4. The average Bonchev–Trinajstić information content (AvgIpc) is 3.23. The van der Waals surface area contributed by atoms with Crippen LogP contribution in [-0.4, -0.2) is 61.1 Å². The van der Waals surface area contributed by atoms with Gasteiger partial charge in [-0.25, -0.2) is 0 Å². The highest BCUT2D eigenvalue weighted by Crippen LogP contribution is 2.29. The molecule has 0 saturated carbocycles. The summed E-state index contributed by atoms with van der Waals surface area (Å²) in [6.45, 7) is 9.73. The average molecular weight is 322 g/mol. The van der Waals surface area contributed by atoms with Gasteiger partial charge in [0.25, 0.3) is 0 Å². The number of rotatable bonds is 4. The number of morpholine rings is 1. The van der Waals surface area contributed by atoms with Gasteiger partial charge in [-0.3, -0.25) is 9.69 Å². The lowest BCUT2D eigenvalue weighted by Gasteiger charge is -2.34. The highest BCUT2D eigenvalue weighted by Gasteiger charge is 2.39. The van der Waals surface area contributed by atoms with Gasteiger partial charge in [-0.05, 0) is 35.2 Å². The summed E-state index contributed by atoms with van der Waals surface area (Å²) in [4.78, 5) is 17.4. The number of likely N-dealkylation sites (tertiary alicyclic amines) is 1. The predicted molar refractivity (Wildman–Crippen MR) is 89.3 cm³/mol. The van der Waals surface area contributed by atoms with Crippen molar-refractivity contribution >= 4 is 17.2 Å². The third-order valence-corrected chi connectivity index (χ3v) is 5.87. The van der Waals surface area contributed by atoms with Gasteiger partial charge in [-0.15, -0.1) is 0 Å². The van der Waals surface area contributed by atoms with E-state index in [0.717, 1.165) is 51.4 Å². The van der Waals surface area contributed by atoms with Crippen molar-refractivity contribution in [3.8, 4) is 0 Å². The van der Waals surface area contributed by atoms with Gasteiger partial charge in [0.2, 0.25) is 5.91 Å². The molecule has 2 saturated heterocycles. The van der Waals surface area contributed by atoms with Gasteiger partial charge in [0.05, 0.1) is 19.1 Å². The van der Waals surface area contributed by atoms with Crippen LogP contribution in [-0.2, 0) is 9.53 Å². The monoisotopic (exact) mass is 322 g/mol. The molecule has 3 heterocycles. The van der Waals surface area contributed by atoms with Crippen LogP contribution in [0.5, 0.6) is 0 Å². The lowest BCUT2D eigenvalue weighted by Crippen LogP contribution is -2.47. The molecular weight excluding hydrogens is 296 g/mol. The molecule has 1 aromatic rings. The van der Waals surface area contributed by atoms with E-state index < -0.39 is 0 Å². The Morgan fingerprint density at radius 3 is 2.82 bits per heavy atom. The van der Waals surface area contributed by atoms with Gasteiger partial charge in [-0.2, -0.15) is 11.3 Å². The number of carbonyl (C=O) groups is 1. The normalized spacial score (nSPS) is 28.0. The van der Waals surface area contributed by atoms with Gasteiger partial charge >= 0.3 is 0 Å². The first-order chi connectivity index (χ1) is 10.7. The Balaban J connectivity index is 1.66. The molecule has 2 aliphatic rings. The van der Waals surface area contributed by atoms with E-state index in [-0.39, 0.29) is 11.8 Å². The van der Waals surface area contributed by atoms with Crippen molar-refractivity contribution in [2.45, 2.75) is 32.2 Å². The van der Waals surface area contributed by atoms with E-state index in [1.807, 2.05) is 6.92 Å². The van der Waals surface area contributed by atoms with Crippen molar-refractivity contribution in [1.29, 1.82) is 0 Å². The van der Waals surface area contributed by atoms with Crippen molar-refractivity contribution in [3.63, 3.8) is 0 Å². The van der Waals surface area contributed by atoms with Crippen molar-refractivity contribution < 1.29 is 9.53 Å². The molecule has 0 N–H and O–H groups in total. The molecule has 2 aliphatic heterocycles. The maximum Gasteiger partial charge on any atom is 0.229 e. The van der Waals surface area contributed by atoms with Crippen molar-refractivity contribution in [2.75, 3.05) is 39.4 Å². The van der Waals surface area contributed by atoms with Crippen LogP contribution < -0.4 is 0 Å². The minimum Gasteiger partial charge on any atom is -0.379 e. The second kappa shape index (κ2) is 7.11. The van der Waals surface area contributed by atoms with E-state index in [1.165, 1.54) is 0 Å². The van der Waals surface area contributed by atoms with E-state index in [9.17, 15) is 4.79 Å². The van der Waals surface area contributed by atoms with Crippen molar-refractivity contribution in [1.82, 2.24) is 9.80 Å². The maximum atomic E-state index is 12.8. The third kappa shape index (κ3) is 3.21. The first-order valence-corrected chi connectivity index (χ1v) is 9.27. The van der Waals surface area contributed by atoms with Gasteiger partial charge in [-0.1, -0.05) is 13.3 Å². The second-order valence-corrected chi connectivity index (χ2v) is 7.19. The lowest BCUT2D eigenvalue weighted by molar-refractivity contribution is -0.131. The predicted octanol–water partition coefficient (Wildman–Crippen LogP) is 2.42. The Hall–Kier alpha value is -0.910. The summed E-state index contributed by atoms with van der Waals surface area (Å²) in [5, 5.41) is 4.14. The smallest absolute Gasteiger partial charge is 0.229 e. The minimum atomic E-state index is -0.0211. The van der Waals surface area contributed by atoms with Crippen LogP contribution in [0.1, 0.15) is 31.7 Å². The van der Waals surface area contributed by atoms with Crippen molar-refractivity contribution in [2.24, 2.45) is 5.92 Å². The Bertz CT molecular complexity index is 485. The van der Waals surface area contributed by atoms with Gasteiger partial charge in [0.1, 0.15) is 0 Å². The van der Waals surface area contributed by atoms with Gasteiger partial charge in [0.15, 0.2) is 0 Å². The van der Waals surface area contributed by atoms with E-state index in [2.05, 4.69) is 33.6 Å². The summed E-state index contributed by atoms with van der Waals surface area (Å²) >= 11 is 1.66. The van der Waals surface area contributed by atoms with E-state index in [0.29, 0.717) is 12.0 Å². The SMILES string of the molecule is CCC1CN(C(=O)C(C)c2ccsc2)CC1N1CCOCC1.